The Morgan fingerprint density at radius 3 is 2.75 bits per heavy atom. The third-order valence-electron chi connectivity index (χ3n) is 2.57. The number of nitrogens with one attached hydrogen (secondary N) is 1. The standard InChI is InChI=1S/C13H19ClFN/c1-3-4-5-6-10(2)16-11-7-8-12(14)13(15)9-11/h7-10,16H,3-6H2,1-2H3. The van der Waals surface area contributed by atoms with Crippen LogP contribution in [0.2, 0.25) is 5.02 Å². The highest BCUT2D eigenvalue weighted by Gasteiger charge is 2.04. The van der Waals surface area contributed by atoms with Crippen LogP contribution in [0, 0.1) is 5.82 Å². The van der Waals surface area contributed by atoms with E-state index in [-0.39, 0.29) is 10.8 Å². The molecule has 1 rings (SSSR count). The van der Waals surface area contributed by atoms with Crippen LogP contribution in [0.15, 0.2) is 18.2 Å². The van der Waals surface area contributed by atoms with Crippen molar-refractivity contribution in [3.63, 3.8) is 0 Å². The molecule has 1 unspecified atom stereocenters. The van der Waals surface area contributed by atoms with E-state index in [1.165, 1.54) is 25.3 Å². The van der Waals surface area contributed by atoms with Gasteiger partial charge in [-0.1, -0.05) is 37.8 Å². The fraction of sp³-hybridized carbons (Fsp3) is 0.538. The molecule has 0 aliphatic heterocycles. The zero-order valence-corrected chi connectivity index (χ0v) is 10.6. The van der Waals surface area contributed by atoms with E-state index in [2.05, 4.69) is 19.2 Å². The van der Waals surface area contributed by atoms with Gasteiger partial charge in [0.1, 0.15) is 5.82 Å². The van der Waals surface area contributed by atoms with E-state index in [4.69, 9.17) is 11.6 Å². The summed E-state index contributed by atoms with van der Waals surface area (Å²) in [6, 6.07) is 5.20. The van der Waals surface area contributed by atoms with Crippen LogP contribution < -0.4 is 5.32 Å². The molecule has 0 aliphatic carbocycles. The maximum atomic E-state index is 13.2. The van der Waals surface area contributed by atoms with E-state index in [9.17, 15) is 4.39 Å². The first kappa shape index (κ1) is 13.3. The fourth-order valence-electron chi connectivity index (χ4n) is 1.64. The highest BCUT2D eigenvalue weighted by molar-refractivity contribution is 6.30. The van der Waals surface area contributed by atoms with Gasteiger partial charge in [-0.05, 0) is 31.5 Å². The molecule has 0 aromatic heterocycles. The van der Waals surface area contributed by atoms with Crippen LogP contribution in [0.3, 0.4) is 0 Å². The molecule has 0 bridgehead atoms. The molecule has 0 saturated carbocycles. The Morgan fingerprint density at radius 2 is 2.12 bits per heavy atom. The Morgan fingerprint density at radius 1 is 1.38 bits per heavy atom. The Balaban J connectivity index is 2.43. The maximum absolute atomic E-state index is 13.2. The van der Waals surface area contributed by atoms with E-state index in [0.717, 1.165) is 12.1 Å². The van der Waals surface area contributed by atoms with Crippen molar-refractivity contribution in [2.45, 2.75) is 45.6 Å². The summed E-state index contributed by atoms with van der Waals surface area (Å²) in [6.45, 7) is 4.30. The second-order valence-electron chi connectivity index (χ2n) is 4.17. The average molecular weight is 244 g/mol. The minimum absolute atomic E-state index is 0.171. The van der Waals surface area contributed by atoms with Gasteiger partial charge in [-0.3, -0.25) is 0 Å². The largest absolute Gasteiger partial charge is 0.383 e. The van der Waals surface area contributed by atoms with Gasteiger partial charge in [0.15, 0.2) is 0 Å². The summed E-state index contributed by atoms with van der Waals surface area (Å²) in [7, 11) is 0. The molecular weight excluding hydrogens is 225 g/mol. The molecule has 1 nitrogen and oxygen atoms in total. The molecule has 0 heterocycles. The highest BCUT2D eigenvalue weighted by atomic mass is 35.5. The Bertz CT molecular complexity index is 328. The first-order valence-corrected chi connectivity index (χ1v) is 6.23. The highest BCUT2D eigenvalue weighted by Crippen LogP contribution is 2.20. The van der Waals surface area contributed by atoms with Crippen molar-refractivity contribution in [1.29, 1.82) is 0 Å². The van der Waals surface area contributed by atoms with Crippen molar-refractivity contribution >= 4 is 17.3 Å². The smallest absolute Gasteiger partial charge is 0.143 e. The summed E-state index contributed by atoms with van der Waals surface area (Å²) in [5, 5.41) is 3.44. The number of halogens is 2. The first-order chi connectivity index (χ1) is 7.63. The lowest BCUT2D eigenvalue weighted by atomic mass is 10.1. The second kappa shape index (κ2) is 6.74. The number of hydrogen-bond acceptors (Lipinski definition) is 1. The van der Waals surface area contributed by atoms with Crippen LogP contribution in [-0.2, 0) is 0 Å². The zero-order chi connectivity index (χ0) is 12.0. The normalized spacial score (nSPS) is 12.5. The molecule has 0 saturated heterocycles. The lowest BCUT2D eigenvalue weighted by molar-refractivity contribution is 0.611. The molecule has 1 N–H and O–H groups in total. The predicted octanol–water partition coefficient (Wildman–Crippen LogP) is 4.86. The molecule has 16 heavy (non-hydrogen) atoms. The minimum atomic E-state index is -0.368. The number of rotatable bonds is 6. The van der Waals surface area contributed by atoms with Gasteiger partial charge in [-0.15, -0.1) is 0 Å². The molecule has 1 aromatic carbocycles. The number of hydrogen-bond donors (Lipinski definition) is 1. The molecule has 0 amide bonds. The lowest BCUT2D eigenvalue weighted by Gasteiger charge is -2.15. The van der Waals surface area contributed by atoms with E-state index in [1.54, 1.807) is 6.07 Å². The fourth-order valence-corrected chi connectivity index (χ4v) is 1.76. The minimum Gasteiger partial charge on any atom is -0.383 e. The molecule has 1 aromatic rings. The van der Waals surface area contributed by atoms with Gasteiger partial charge >= 0.3 is 0 Å². The quantitative estimate of drug-likeness (QED) is 0.704. The van der Waals surface area contributed by atoms with E-state index < -0.39 is 0 Å². The summed E-state index contributed by atoms with van der Waals surface area (Å²) in [5.74, 6) is -0.368. The third-order valence-corrected chi connectivity index (χ3v) is 2.88. The number of unbranched alkanes of at least 4 members (excludes halogenated alkanes) is 2. The van der Waals surface area contributed by atoms with Gasteiger partial charge in [0.2, 0.25) is 0 Å². The van der Waals surface area contributed by atoms with Gasteiger partial charge in [0.25, 0.3) is 0 Å². The van der Waals surface area contributed by atoms with Crippen molar-refractivity contribution in [2.75, 3.05) is 5.32 Å². The maximum Gasteiger partial charge on any atom is 0.143 e. The number of benzene rings is 1. The van der Waals surface area contributed by atoms with Crippen molar-refractivity contribution < 1.29 is 4.39 Å². The van der Waals surface area contributed by atoms with E-state index in [1.807, 2.05) is 6.07 Å². The monoisotopic (exact) mass is 243 g/mol. The van der Waals surface area contributed by atoms with Gasteiger partial charge < -0.3 is 5.32 Å². The molecule has 0 fully saturated rings. The Labute approximate surface area is 102 Å². The van der Waals surface area contributed by atoms with Gasteiger partial charge in [0, 0.05) is 11.7 Å². The topological polar surface area (TPSA) is 12.0 Å². The van der Waals surface area contributed by atoms with Gasteiger partial charge in [0.05, 0.1) is 5.02 Å². The van der Waals surface area contributed by atoms with Crippen molar-refractivity contribution in [3.8, 4) is 0 Å². The average Bonchev–Trinajstić information content (AvgIpc) is 2.24. The van der Waals surface area contributed by atoms with Crippen LogP contribution in [0.1, 0.15) is 39.5 Å². The molecule has 0 aliphatic rings. The van der Waals surface area contributed by atoms with Crippen LogP contribution >= 0.6 is 11.6 Å². The molecule has 90 valence electrons. The predicted molar refractivity (Wildman–Crippen MR) is 68.6 cm³/mol. The molecule has 0 radical (unpaired) electrons. The van der Waals surface area contributed by atoms with Gasteiger partial charge in [-0.2, -0.15) is 0 Å². The molecule has 3 heteroatoms. The third kappa shape index (κ3) is 4.40. The van der Waals surface area contributed by atoms with Crippen molar-refractivity contribution in [1.82, 2.24) is 0 Å². The van der Waals surface area contributed by atoms with Gasteiger partial charge in [-0.25, -0.2) is 4.39 Å². The molecule has 0 spiro atoms. The van der Waals surface area contributed by atoms with Crippen LogP contribution in [0.25, 0.3) is 0 Å². The second-order valence-corrected chi connectivity index (χ2v) is 4.58. The Kier molecular flexibility index (Phi) is 5.61. The molecular formula is C13H19ClFN. The zero-order valence-electron chi connectivity index (χ0n) is 9.89. The first-order valence-electron chi connectivity index (χ1n) is 5.85. The summed E-state index contributed by atoms with van der Waals surface area (Å²) < 4.78 is 13.2. The lowest BCUT2D eigenvalue weighted by Crippen LogP contribution is -2.14. The summed E-state index contributed by atoms with van der Waals surface area (Å²) >= 11 is 5.62. The van der Waals surface area contributed by atoms with E-state index >= 15 is 0 Å². The van der Waals surface area contributed by atoms with Crippen LogP contribution in [0.4, 0.5) is 10.1 Å². The van der Waals surface area contributed by atoms with Crippen LogP contribution in [-0.4, -0.2) is 6.04 Å². The summed E-state index contributed by atoms with van der Waals surface area (Å²) in [6.07, 6.45) is 4.79. The van der Waals surface area contributed by atoms with Crippen molar-refractivity contribution in [3.05, 3.63) is 29.0 Å². The van der Waals surface area contributed by atoms with Crippen LogP contribution in [0.5, 0.6) is 0 Å². The number of anilines is 1. The Hall–Kier alpha value is -0.760. The van der Waals surface area contributed by atoms with E-state index in [0.29, 0.717) is 6.04 Å². The summed E-state index contributed by atoms with van der Waals surface area (Å²) in [5.41, 5.74) is 0.797. The molecule has 1 atom stereocenters. The SMILES string of the molecule is CCCCCC(C)Nc1ccc(Cl)c(F)c1. The van der Waals surface area contributed by atoms with Crippen molar-refractivity contribution in [2.24, 2.45) is 0 Å². The summed E-state index contributed by atoms with van der Waals surface area (Å²) in [4.78, 5) is 0.